The van der Waals surface area contributed by atoms with Crippen molar-refractivity contribution >= 4 is 5.97 Å². The van der Waals surface area contributed by atoms with Gasteiger partial charge in [0.25, 0.3) is 0 Å². The first-order valence-corrected chi connectivity index (χ1v) is 4.90. The highest BCUT2D eigenvalue weighted by Crippen LogP contribution is 1.97. The quantitative estimate of drug-likeness (QED) is 0.571. The Bertz CT molecular complexity index is 117. The summed E-state index contributed by atoms with van der Waals surface area (Å²) in [6.07, 6.45) is 3.28. The van der Waals surface area contributed by atoms with Crippen molar-refractivity contribution in [1.29, 1.82) is 0 Å². The number of unbranched alkanes of at least 4 members (excludes halogenated alkanes) is 2. The first-order chi connectivity index (χ1) is 6.27. The summed E-state index contributed by atoms with van der Waals surface area (Å²) in [7, 11) is 0. The molecule has 0 amide bonds. The van der Waals surface area contributed by atoms with Crippen LogP contribution in [0.5, 0.6) is 0 Å². The zero-order valence-corrected chi connectivity index (χ0v) is 8.31. The molecule has 0 aromatic rings. The van der Waals surface area contributed by atoms with E-state index in [9.17, 15) is 4.79 Å². The van der Waals surface area contributed by atoms with Crippen molar-refractivity contribution in [2.24, 2.45) is 0 Å². The van der Waals surface area contributed by atoms with Crippen LogP contribution in [0, 0.1) is 0 Å². The molecule has 4 nitrogen and oxygen atoms in total. The molecular weight excluding hydrogens is 168 g/mol. The summed E-state index contributed by atoms with van der Waals surface area (Å²) in [4.78, 5) is 9.87. The van der Waals surface area contributed by atoms with Gasteiger partial charge in [-0.15, -0.1) is 0 Å². The van der Waals surface area contributed by atoms with Gasteiger partial charge in [-0.2, -0.15) is 0 Å². The number of hydrogen-bond acceptors (Lipinski definition) is 3. The Balaban J connectivity index is 0.000000243. The molecule has 1 heterocycles. The minimum Gasteiger partial charge on any atom is -0.481 e. The first kappa shape index (κ1) is 12.4. The lowest BCUT2D eigenvalue weighted by Crippen LogP contribution is -2.11. The van der Waals surface area contributed by atoms with Crippen molar-refractivity contribution in [3.63, 3.8) is 0 Å². The van der Waals surface area contributed by atoms with Crippen molar-refractivity contribution in [3.8, 4) is 0 Å². The third-order valence-electron chi connectivity index (χ3n) is 1.72. The molecule has 3 N–H and O–H groups in total. The molecule has 78 valence electrons. The van der Waals surface area contributed by atoms with Crippen LogP contribution in [0.3, 0.4) is 0 Å². The van der Waals surface area contributed by atoms with Crippen molar-refractivity contribution in [2.45, 2.75) is 32.6 Å². The van der Waals surface area contributed by atoms with Gasteiger partial charge in [0.2, 0.25) is 0 Å². The fourth-order valence-corrected chi connectivity index (χ4v) is 0.968. The molecule has 4 heteroatoms. The number of carbonyl (C=O) groups is 1. The van der Waals surface area contributed by atoms with Gasteiger partial charge in [-0.25, -0.2) is 0 Å². The molecule has 1 fully saturated rings. The Morgan fingerprint density at radius 2 is 1.92 bits per heavy atom. The van der Waals surface area contributed by atoms with E-state index in [0.29, 0.717) is 6.42 Å². The highest BCUT2D eigenvalue weighted by Gasteiger charge is 1.92. The maximum atomic E-state index is 9.87. The summed E-state index contributed by atoms with van der Waals surface area (Å²) in [5.41, 5.74) is 0. The molecule has 1 aliphatic rings. The molecule has 0 bridgehead atoms. The standard InChI is InChI=1S/C6H12O2.C3H8N2/c1-2-3-4-5-6(7)8;1-2-5-3-4-1/h2-5H2,1H3,(H,7,8);4-5H,1-3H2. The van der Waals surface area contributed by atoms with Crippen molar-refractivity contribution in [2.75, 3.05) is 19.8 Å². The average Bonchev–Trinajstić information content (AvgIpc) is 2.61. The van der Waals surface area contributed by atoms with Gasteiger partial charge in [0.05, 0.1) is 0 Å². The molecule has 0 radical (unpaired) electrons. The van der Waals surface area contributed by atoms with Crippen LogP contribution < -0.4 is 10.6 Å². The zero-order chi connectivity index (χ0) is 9.94. The predicted octanol–water partition coefficient (Wildman–Crippen LogP) is 0.788. The Morgan fingerprint density at radius 3 is 2.23 bits per heavy atom. The van der Waals surface area contributed by atoms with E-state index in [4.69, 9.17) is 5.11 Å². The van der Waals surface area contributed by atoms with Crippen LogP contribution in [0.1, 0.15) is 32.6 Å². The zero-order valence-electron chi connectivity index (χ0n) is 8.31. The van der Waals surface area contributed by atoms with E-state index < -0.39 is 5.97 Å². The van der Waals surface area contributed by atoms with Crippen LogP contribution in [-0.2, 0) is 4.79 Å². The molecule has 0 aromatic heterocycles. The van der Waals surface area contributed by atoms with Gasteiger partial charge in [-0.05, 0) is 6.42 Å². The second-order valence-electron chi connectivity index (χ2n) is 3.03. The number of carboxylic acid groups (broad SMARTS) is 1. The first-order valence-electron chi connectivity index (χ1n) is 4.90. The molecule has 1 rings (SSSR count). The minimum atomic E-state index is -0.682. The summed E-state index contributed by atoms with van der Waals surface area (Å²) in [5.74, 6) is -0.682. The minimum absolute atomic E-state index is 0.327. The summed E-state index contributed by atoms with van der Waals surface area (Å²) < 4.78 is 0. The molecule has 13 heavy (non-hydrogen) atoms. The van der Waals surface area contributed by atoms with Crippen LogP contribution in [0.4, 0.5) is 0 Å². The van der Waals surface area contributed by atoms with Gasteiger partial charge in [0.1, 0.15) is 0 Å². The van der Waals surface area contributed by atoms with E-state index in [1.54, 1.807) is 0 Å². The van der Waals surface area contributed by atoms with E-state index in [1.165, 1.54) is 0 Å². The second kappa shape index (κ2) is 9.48. The SMILES string of the molecule is C1CNCN1.CCCCCC(=O)O. The smallest absolute Gasteiger partial charge is 0.303 e. The van der Waals surface area contributed by atoms with E-state index in [1.807, 2.05) is 0 Å². The molecule has 1 aliphatic heterocycles. The topological polar surface area (TPSA) is 61.4 Å². The lowest BCUT2D eigenvalue weighted by Gasteiger charge is -1.89. The van der Waals surface area contributed by atoms with Crippen LogP contribution in [0.15, 0.2) is 0 Å². The Hall–Kier alpha value is -0.610. The third-order valence-corrected chi connectivity index (χ3v) is 1.72. The lowest BCUT2D eigenvalue weighted by atomic mass is 10.2. The van der Waals surface area contributed by atoms with Gasteiger partial charge >= 0.3 is 5.97 Å². The number of hydrogen-bond donors (Lipinski definition) is 3. The molecule has 0 atom stereocenters. The maximum absolute atomic E-state index is 9.87. The predicted molar refractivity (Wildman–Crippen MR) is 52.7 cm³/mol. The van der Waals surface area contributed by atoms with Gasteiger partial charge in [0.15, 0.2) is 0 Å². The molecule has 0 saturated carbocycles. The summed E-state index contributed by atoms with van der Waals surface area (Å²) in [6, 6.07) is 0. The van der Waals surface area contributed by atoms with Gasteiger partial charge in [-0.3, -0.25) is 4.79 Å². The highest BCUT2D eigenvalue weighted by atomic mass is 16.4. The van der Waals surface area contributed by atoms with Crippen LogP contribution >= 0.6 is 0 Å². The molecule has 0 aliphatic carbocycles. The lowest BCUT2D eigenvalue weighted by molar-refractivity contribution is -0.137. The Labute approximate surface area is 79.7 Å². The number of carboxylic acids is 1. The maximum Gasteiger partial charge on any atom is 0.303 e. The Kier molecular flexibility index (Phi) is 9.03. The molecule has 1 saturated heterocycles. The van der Waals surface area contributed by atoms with Gasteiger partial charge < -0.3 is 15.7 Å². The Morgan fingerprint density at radius 1 is 1.31 bits per heavy atom. The third kappa shape index (κ3) is 11.4. The molecular formula is C9H20N2O2. The number of nitrogens with one attached hydrogen (secondary N) is 2. The monoisotopic (exact) mass is 188 g/mol. The largest absolute Gasteiger partial charge is 0.481 e. The number of rotatable bonds is 4. The van der Waals surface area contributed by atoms with Crippen LogP contribution in [0.25, 0.3) is 0 Å². The summed E-state index contributed by atoms with van der Waals surface area (Å²) in [6.45, 7) is 5.34. The molecule has 0 aromatic carbocycles. The van der Waals surface area contributed by atoms with E-state index in [0.717, 1.165) is 39.0 Å². The second-order valence-corrected chi connectivity index (χ2v) is 3.03. The normalized spacial score (nSPS) is 14.8. The van der Waals surface area contributed by atoms with Crippen molar-refractivity contribution in [1.82, 2.24) is 10.6 Å². The molecule has 0 unspecified atom stereocenters. The fourth-order valence-electron chi connectivity index (χ4n) is 0.968. The van der Waals surface area contributed by atoms with Gasteiger partial charge in [0, 0.05) is 26.2 Å². The molecule has 0 spiro atoms. The highest BCUT2D eigenvalue weighted by molar-refractivity contribution is 5.66. The van der Waals surface area contributed by atoms with E-state index >= 15 is 0 Å². The average molecular weight is 188 g/mol. The van der Waals surface area contributed by atoms with E-state index in [-0.39, 0.29) is 0 Å². The van der Waals surface area contributed by atoms with E-state index in [2.05, 4.69) is 17.6 Å². The summed E-state index contributed by atoms with van der Waals surface area (Å²) in [5, 5.41) is 14.4. The fraction of sp³-hybridized carbons (Fsp3) is 0.889. The van der Waals surface area contributed by atoms with Crippen molar-refractivity contribution < 1.29 is 9.90 Å². The van der Waals surface area contributed by atoms with Crippen molar-refractivity contribution in [3.05, 3.63) is 0 Å². The van der Waals surface area contributed by atoms with Gasteiger partial charge in [-0.1, -0.05) is 19.8 Å². The summed E-state index contributed by atoms with van der Waals surface area (Å²) >= 11 is 0. The number of aliphatic carboxylic acids is 1. The van der Waals surface area contributed by atoms with Crippen LogP contribution in [-0.4, -0.2) is 30.8 Å². The van der Waals surface area contributed by atoms with Crippen LogP contribution in [0.2, 0.25) is 0 Å².